The van der Waals surface area contributed by atoms with Crippen LogP contribution in [0.3, 0.4) is 0 Å². The minimum Gasteiger partial charge on any atom is -0.353 e. The van der Waals surface area contributed by atoms with Gasteiger partial charge in [-0.1, -0.05) is 18.2 Å². The third-order valence-corrected chi connectivity index (χ3v) is 6.26. The van der Waals surface area contributed by atoms with E-state index in [0.717, 1.165) is 0 Å². The fourth-order valence-corrected chi connectivity index (χ4v) is 4.30. The van der Waals surface area contributed by atoms with Crippen molar-refractivity contribution < 1.29 is 14.0 Å². The highest BCUT2D eigenvalue weighted by Crippen LogP contribution is 2.24. The average molecular weight is 474 g/mol. The van der Waals surface area contributed by atoms with Crippen LogP contribution in [0.15, 0.2) is 71.8 Å². The number of rotatable bonds is 4. The Bertz CT molecular complexity index is 1400. The summed E-state index contributed by atoms with van der Waals surface area (Å²) in [6.07, 6.45) is 3.45. The Balaban J connectivity index is 1.40. The van der Waals surface area contributed by atoms with Crippen molar-refractivity contribution in [3.05, 3.63) is 94.3 Å². The summed E-state index contributed by atoms with van der Waals surface area (Å²) in [6.45, 7) is 3.93. The van der Waals surface area contributed by atoms with Crippen LogP contribution < -0.4 is 5.56 Å². The Morgan fingerprint density at radius 2 is 1.51 bits per heavy atom. The SMILES string of the molecule is CCn1cc(C(=O)N2CCN(C(=O)c3ccc(F)cc3)CC2)c2nn(-c3ccccc3)c(=O)c-2c1. The number of para-hydroxylation sites is 1. The van der Waals surface area contributed by atoms with E-state index in [-0.39, 0.29) is 17.4 Å². The van der Waals surface area contributed by atoms with Gasteiger partial charge in [-0.25, -0.2) is 4.39 Å². The van der Waals surface area contributed by atoms with Gasteiger partial charge in [0, 0.05) is 50.7 Å². The maximum absolute atomic E-state index is 13.5. The molecule has 0 atom stereocenters. The van der Waals surface area contributed by atoms with Gasteiger partial charge in [0.25, 0.3) is 17.4 Å². The van der Waals surface area contributed by atoms with Gasteiger partial charge < -0.3 is 14.4 Å². The van der Waals surface area contributed by atoms with E-state index in [9.17, 15) is 18.8 Å². The molecule has 3 aliphatic rings. The van der Waals surface area contributed by atoms with Gasteiger partial charge in [-0.05, 0) is 43.3 Å². The molecule has 0 aromatic heterocycles. The van der Waals surface area contributed by atoms with E-state index in [1.54, 1.807) is 34.3 Å². The molecule has 35 heavy (non-hydrogen) atoms. The second-order valence-electron chi connectivity index (χ2n) is 8.41. The Hall–Kier alpha value is -4.27. The molecular weight excluding hydrogens is 449 g/mol. The summed E-state index contributed by atoms with van der Waals surface area (Å²) < 4.78 is 16.3. The number of fused-ring (bicyclic) bond motifs is 1. The van der Waals surface area contributed by atoms with Crippen LogP contribution in [0, 0.1) is 5.82 Å². The minimum absolute atomic E-state index is 0.194. The number of carbonyl (C=O) groups is 2. The predicted molar refractivity (Wildman–Crippen MR) is 128 cm³/mol. The Labute approximate surface area is 201 Å². The number of carbonyl (C=O) groups excluding carboxylic acids is 2. The Kier molecular flexibility index (Phi) is 5.90. The first-order chi connectivity index (χ1) is 17.0. The normalized spacial score (nSPS) is 13.9. The topological polar surface area (TPSA) is 80.4 Å². The first-order valence-electron chi connectivity index (χ1n) is 11.5. The van der Waals surface area contributed by atoms with E-state index >= 15 is 0 Å². The number of benzene rings is 2. The smallest absolute Gasteiger partial charge is 0.282 e. The van der Waals surface area contributed by atoms with Crippen LogP contribution in [0.1, 0.15) is 27.6 Å². The highest BCUT2D eigenvalue weighted by atomic mass is 19.1. The van der Waals surface area contributed by atoms with Gasteiger partial charge in [0.2, 0.25) is 0 Å². The lowest BCUT2D eigenvalue weighted by molar-refractivity contribution is 0.0535. The van der Waals surface area contributed by atoms with Gasteiger partial charge in [-0.3, -0.25) is 14.4 Å². The number of aryl methyl sites for hydroxylation is 1. The number of aromatic nitrogens is 3. The lowest BCUT2D eigenvalue weighted by atomic mass is 10.1. The number of pyridine rings is 1. The number of nitrogens with zero attached hydrogens (tertiary/aromatic N) is 5. The van der Waals surface area contributed by atoms with Crippen LogP contribution in [-0.4, -0.2) is 62.1 Å². The van der Waals surface area contributed by atoms with Crippen molar-refractivity contribution in [2.24, 2.45) is 0 Å². The first kappa shape index (κ1) is 22.5. The maximum Gasteiger partial charge on any atom is 0.282 e. The number of halogens is 1. The van der Waals surface area contributed by atoms with Gasteiger partial charge in [0.05, 0.1) is 16.8 Å². The number of hydrogen-bond donors (Lipinski definition) is 0. The second-order valence-corrected chi connectivity index (χ2v) is 8.41. The summed E-state index contributed by atoms with van der Waals surface area (Å²) in [5.74, 6) is -0.823. The summed E-state index contributed by atoms with van der Waals surface area (Å²) in [7, 11) is 0. The minimum atomic E-state index is -0.397. The molecular formula is C26H24FN5O3. The summed E-state index contributed by atoms with van der Waals surface area (Å²) in [6, 6.07) is 14.5. The number of piperazine rings is 1. The third-order valence-electron chi connectivity index (χ3n) is 6.26. The molecule has 3 heterocycles. The fourth-order valence-electron chi connectivity index (χ4n) is 4.30. The molecule has 0 spiro atoms. The highest BCUT2D eigenvalue weighted by molar-refractivity contribution is 6.00. The van der Waals surface area contributed by atoms with Gasteiger partial charge in [0.15, 0.2) is 0 Å². The van der Waals surface area contributed by atoms with Crippen LogP contribution in [0.2, 0.25) is 0 Å². The molecule has 178 valence electrons. The molecule has 0 N–H and O–H groups in total. The van der Waals surface area contributed by atoms with Crippen molar-refractivity contribution >= 4 is 11.8 Å². The summed E-state index contributed by atoms with van der Waals surface area (Å²) in [5.41, 5.74) is 1.86. The number of amides is 2. The second kappa shape index (κ2) is 9.17. The average Bonchev–Trinajstić information content (AvgIpc) is 3.24. The molecule has 0 unspecified atom stereocenters. The zero-order valence-corrected chi connectivity index (χ0v) is 19.2. The van der Waals surface area contributed by atoms with Crippen LogP contribution in [-0.2, 0) is 6.54 Å². The molecule has 0 saturated carbocycles. The van der Waals surface area contributed by atoms with Crippen LogP contribution in [0.5, 0.6) is 0 Å². The van der Waals surface area contributed by atoms with E-state index < -0.39 is 5.82 Å². The maximum atomic E-state index is 13.5. The van der Waals surface area contributed by atoms with Crippen LogP contribution in [0.4, 0.5) is 4.39 Å². The highest BCUT2D eigenvalue weighted by Gasteiger charge is 2.30. The Morgan fingerprint density at radius 1 is 0.886 bits per heavy atom. The quantitative estimate of drug-likeness (QED) is 0.457. The van der Waals surface area contributed by atoms with E-state index in [0.29, 0.717) is 60.8 Å². The summed E-state index contributed by atoms with van der Waals surface area (Å²) in [5, 5.41) is 4.51. The molecule has 1 fully saturated rings. The monoisotopic (exact) mass is 473 g/mol. The Morgan fingerprint density at radius 3 is 2.14 bits per heavy atom. The fraction of sp³-hybridized carbons (Fsp3) is 0.231. The van der Waals surface area contributed by atoms with Crippen molar-refractivity contribution in [1.29, 1.82) is 0 Å². The molecule has 5 rings (SSSR count). The zero-order valence-electron chi connectivity index (χ0n) is 19.2. The molecule has 0 aliphatic carbocycles. The number of hydrogen-bond acceptors (Lipinski definition) is 4. The van der Waals surface area contributed by atoms with E-state index in [4.69, 9.17) is 0 Å². The molecule has 2 aromatic carbocycles. The van der Waals surface area contributed by atoms with Crippen LogP contribution in [0.25, 0.3) is 16.9 Å². The molecule has 8 nitrogen and oxygen atoms in total. The van der Waals surface area contributed by atoms with Gasteiger partial charge in [-0.15, -0.1) is 0 Å². The molecule has 1 saturated heterocycles. The van der Waals surface area contributed by atoms with Crippen molar-refractivity contribution in [3.8, 4) is 16.9 Å². The molecule has 2 amide bonds. The summed E-state index contributed by atoms with van der Waals surface area (Å²) >= 11 is 0. The molecule has 3 aliphatic heterocycles. The predicted octanol–water partition coefficient (Wildman–Crippen LogP) is 2.90. The standard InChI is InChI=1S/C26H24FN5O3/c1-2-29-16-21(23-22(17-29)26(35)32(28-23)20-6-4-3-5-7-20)25(34)31-14-12-30(13-15-31)24(33)18-8-10-19(27)11-9-18/h3-11,16-17H,2,12-15H2,1H3. The van der Waals surface area contributed by atoms with Crippen molar-refractivity contribution in [3.63, 3.8) is 0 Å². The largest absolute Gasteiger partial charge is 0.353 e. The third kappa shape index (κ3) is 4.21. The molecule has 2 aromatic rings. The van der Waals surface area contributed by atoms with Gasteiger partial charge in [-0.2, -0.15) is 9.78 Å². The van der Waals surface area contributed by atoms with Crippen molar-refractivity contribution in [2.75, 3.05) is 26.2 Å². The van der Waals surface area contributed by atoms with E-state index in [2.05, 4.69) is 5.10 Å². The first-order valence-corrected chi connectivity index (χ1v) is 11.5. The van der Waals surface area contributed by atoms with E-state index in [1.807, 2.05) is 29.7 Å². The van der Waals surface area contributed by atoms with Gasteiger partial charge in [0.1, 0.15) is 11.5 Å². The van der Waals surface area contributed by atoms with Crippen molar-refractivity contribution in [2.45, 2.75) is 13.5 Å². The molecule has 9 heteroatoms. The lowest BCUT2D eigenvalue weighted by Crippen LogP contribution is -2.50. The van der Waals surface area contributed by atoms with Crippen molar-refractivity contribution in [1.82, 2.24) is 24.1 Å². The molecule has 0 radical (unpaired) electrons. The van der Waals surface area contributed by atoms with Crippen LogP contribution >= 0.6 is 0 Å². The van der Waals surface area contributed by atoms with Gasteiger partial charge >= 0.3 is 0 Å². The summed E-state index contributed by atoms with van der Waals surface area (Å²) in [4.78, 5) is 42.7. The zero-order chi connectivity index (χ0) is 24.5. The lowest BCUT2D eigenvalue weighted by Gasteiger charge is -2.35. The molecule has 0 bridgehead atoms. The van der Waals surface area contributed by atoms with E-state index in [1.165, 1.54) is 28.9 Å².